The fourth-order valence-corrected chi connectivity index (χ4v) is 3.58. The first-order chi connectivity index (χ1) is 9.17. The summed E-state index contributed by atoms with van der Waals surface area (Å²) in [6, 6.07) is 0.487. The summed E-state index contributed by atoms with van der Waals surface area (Å²) >= 11 is 1.73. The van der Waals surface area contributed by atoms with Crippen LogP contribution in [0.3, 0.4) is 0 Å². The maximum Gasteiger partial charge on any atom is 0.185 e. The van der Waals surface area contributed by atoms with Gasteiger partial charge in [-0.15, -0.1) is 11.3 Å². The summed E-state index contributed by atoms with van der Waals surface area (Å²) < 4.78 is 6.12. The van der Waals surface area contributed by atoms with E-state index in [2.05, 4.69) is 57.1 Å². The van der Waals surface area contributed by atoms with Crippen LogP contribution in [0.15, 0.2) is 5.38 Å². The Morgan fingerprint density at radius 3 is 2.45 bits per heavy atom. The smallest absolute Gasteiger partial charge is 0.185 e. The van der Waals surface area contributed by atoms with E-state index in [1.165, 1.54) is 0 Å². The molecule has 1 aliphatic rings. The molecule has 0 spiro atoms. The number of hydrogen-bond donors (Lipinski definition) is 1. The van der Waals surface area contributed by atoms with Crippen LogP contribution < -0.4 is 10.2 Å². The Morgan fingerprint density at radius 2 is 1.90 bits per heavy atom. The van der Waals surface area contributed by atoms with Crippen LogP contribution in [-0.4, -0.2) is 35.3 Å². The highest BCUT2D eigenvalue weighted by Gasteiger charge is 2.39. The molecule has 1 aromatic rings. The second kappa shape index (κ2) is 5.62. The van der Waals surface area contributed by atoms with E-state index in [0.29, 0.717) is 6.04 Å². The quantitative estimate of drug-likeness (QED) is 0.927. The van der Waals surface area contributed by atoms with Gasteiger partial charge in [-0.1, -0.05) is 13.8 Å². The van der Waals surface area contributed by atoms with Crippen LogP contribution in [0.25, 0.3) is 0 Å². The van der Waals surface area contributed by atoms with Crippen molar-refractivity contribution in [1.29, 1.82) is 0 Å². The van der Waals surface area contributed by atoms with E-state index < -0.39 is 0 Å². The molecule has 0 radical (unpaired) electrons. The van der Waals surface area contributed by atoms with Crippen LogP contribution in [0.2, 0.25) is 0 Å². The number of thiazole rings is 1. The first kappa shape index (κ1) is 15.7. The number of nitrogens with one attached hydrogen (secondary N) is 1. The fourth-order valence-electron chi connectivity index (χ4n) is 2.75. The van der Waals surface area contributed by atoms with Crippen molar-refractivity contribution in [1.82, 2.24) is 10.3 Å². The highest BCUT2D eigenvalue weighted by Crippen LogP contribution is 2.32. The molecule has 0 aromatic carbocycles. The van der Waals surface area contributed by atoms with Gasteiger partial charge < -0.3 is 15.0 Å². The number of anilines is 1. The molecule has 0 saturated carbocycles. The van der Waals surface area contributed by atoms with Crippen molar-refractivity contribution in [2.75, 3.05) is 18.0 Å². The van der Waals surface area contributed by atoms with E-state index >= 15 is 0 Å². The van der Waals surface area contributed by atoms with Gasteiger partial charge in [0, 0.05) is 31.1 Å². The number of rotatable bonds is 4. The SMILES string of the molecule is CC(C)NCc1csc(N2CC(C)(C)OC(C)(C)C2)n1. The Kier molecular flexibility index (Phi) is 4.42. The maximum absolute atomic E-state index is 6.12. The minimum absolute atomic E-state index is 0.135. The Bertz CT molecular complexity index is 438. The van der Waals surface area contributed by atoms with Gasteiger partial charge in [-0.05, 0) is 27.7 Å². The predicted octanol–water partition coefficient (Wildman–Crippen LogP) is 3.03. The van der Waals surface area contributed by atoms with Gasteiger partial charge in [-0.3, -0.25) is 0 Å². The second-order valence-electron chi connectivity index (χ2n) is 7.13. The molecule has 2 rings (SSSR count). The number of nitrogens with zero attached hydrogens (tertiary/aromatic N) is 2. The summed E-state index contributed by atoms with van der Waals surface area (Å²) in [7, 11) is 0. The molecular formula is C15H27N3OS. The lowest BCUT2D eigenvalue weighted by molar-refractivity contribution is -0.133. The van der Waals surface area contributed by atoms with E-state index in [4.69, 9.17) is 9.72 Å². The van der Waals surface area contributed by atoms with Crippen molar-refractivity contribution in [3.8, 4) is 0 Å². The molecule has 0 aliphatic carbocycles. The van der Waals surface area contributed by atoms with Gasteiger partial charge in [0.05, 0.1) is 16.9 Å². The number of ether oxygens (including phenoxy) is 1. The van der Waals surface area contributed by atoms with Crippen molar-refractivity contribution < 1.29 is 4.74 Å². The molecule has 4 nitrogen and oxygen atoms in total. The summed E-state index contributed by atoms with van der Waals surface area (Å²) in [5.41, 5.74) is 0.855. The van der Waals surface area contributed by atoms with Crippen LogP contribution in [0.5, 0.6) is 0 Å². The third-order valence-electron chi connectivity index (χ3n) is 3.20. The fraction of sp³-hybridized carbons (Fsp3) is 0.800. The lowest BCUT2D eigenvalue weighted by Crippen LogP contribution is -2.57. The van der Waals surface area contributed by atoms with Crippen LogP contribution in [0.1, 0.15) is 47.2 Å². The molecule has 2 heterocycles. The zero-order valence-corrected chi connectivity index (χ0v) is 14.3. The molecule has 114 valence electrons. The molecule has 1 saturated heterocycles. The summed E-state index contributed by atoms with van der Waals surface area (Å²) in [5, 5.41) is 6.67. The zero-order valence-electron chi connectivity index (χ0n) is 13.5. The third kappa shape index (κ3) is 4.17. The molecular weight excluding hydrogens is 270 g/mol. The van der Waals surface area contributed by atoms with Crippen molar-refractivity contribution in [3.05, 3.63) is 11.1 Å². The van der Waals surface area contributed by atoms with Gasteiger partial charge in [0.1, 0.15) is 0 Å². The monoisotopic (exact) mass is 297 g/mol. The molecule has 1 fully saturated rings. The highest BCUT2D eigenvalue weighted by molar-refractivity contribution is 7.13. The zero-order chi connectivity index (χ0) is 15.0. The van der Waals surface area contributed by atoms with Crippen molar-refractivity contribution in [2.45, 2.75) is 65.3 Å². The third-order valence-corrected chi connectivity index (χ3v) is 4.15. The Morgan fingerprint density at radius 1 is 1.30 bits per heavy atom. The van der Waals surface area contributed by atoms with Gasteiger partial charge in [-0.25, -0.2) is 4.98 Å². The molecule has 5 heteroatoms. The summed E-state index contributed by atoms with van der Waals surface area (Å²) in [4.78, 5) is 7.12. The number of hydrogen-bond acceptors (Lipinski definition) is 5. The first-order valence-electron chi connectivity index (χ1n) is 7.30. The average molecular weight is 297 g/mol. The Hall–Kier alpha value is -0.650. The molecule has 20 heavy (non-hydrogen) atoms. The topological polar surface area (TPSA) is 37.4 Å². The van der Waals surface area contributed by atoms with Crippen LogP contribution in [0.4, 0.5) is 5.13 Å². The van der Waals surface area contributed by atoms with Gasteiger partial charge in [0.25, 0.3) is 0 Å². The molecule has 1 N–H and O–H groups in total. The molecule has 1 aliphatic heterocycles. The van der Waals surface area contributed by atoms with E-state index in [0.717, 1.165) is 30.5 Å². The summed E-state index contributed by atoms with van der Waals surface area (Å²) in [6.07, 6.45) is 0. The van der Waals surface area contributed by atoms with Gasteiger partial charge in [-0.2, -0.15) is 0 Å². The molecule has 1 aromatic heterocycles. The van der Waals surface area contributed by atoms with Gasteiger partial charge in [0.15, 0.2) is 5.13 Å². The Labute approximate surface area is 126 Å². The lowest BCUT2D eigenvalue weighted by atomic mass is 9.99. The summed E-state index contributed by atoms with van der Waals surface area (Å²) in [6.45, 7) is 15.5. The van der Waals surface area contributed by atoms with E-state index in [1.807, 2.05) is 0 Å². The highest BCUT2D eigenvalue weighted by atomic mass is 32.1. The first-order valence-corrected chi connectivity index (χ1v) is 8.18. The minimum Gasteiger partial charge on any atom is -0.366 e. The maximum atomic E-state index is 6.12. The van der Waals surface area contributed by atoms with Gasteiger partial charge >= 0.3 is 0 Å². The second-order valence-corrected chi connectivity index (χ2v) is 7.97. The minimum atomic E-state index is -0.135. The van der Waals surface area contributed by atoms with E-state index in [9.17, 15) is 0 Å². The standard InChI is InChI=1S/C15H27N3OS/c1-11(2)16-7-12-8-20-13(17-12)18-9-14(3,4)19-15(5,6)10-18/h8,11,16H,7,9-10H2,1-6H3. The molecule has 0 unspecified atom stereocenters. The average Bonchev–Trinajstić information content (AvgIpc) is 2.70. The van der Waals surface area contributed by atoms with Crippen LogP contribution in [-0.2, 0) is 11.3 Å². The van der Waals surface area contributed by atoms with Crippen molar-refractivity contribution in [2.24, 2.45) is 0 Å². The van der Waals surface area contributed by atoms with Crippen molar-refractivity contribution in [3.63, 3.8) is 0 Å². The van der Waals surface area contributed by atoms with Crippen molar-refractivity contribution >= 4 is 16.5 Å². The summed E-state index contributed by atoms with van der Waals surface area (Å²) in [5.74, 6) is 0. The molecule has 0 bridgehead atoms. The Balaban J connectivity index is 2.07. The number of aromatic nitrogens is 1. The van der Waals surface area contributed by atoms with Crippen LogP contribution in [0, 0.1) is 0 Å². The van der Waals surface area contributed by atoms with E-state index in [-0.39, 0.29) is 11.2 Å². The molecule has 0 atom stereocenters. The van der Waals surface area contributed by atoms with E-state index in [1.54, 1.807) is 11.3 Å². The van der Waals surface area contributed by atoms with Gasteiger partial charge in [0.2, 0.25) is 0 Å². The predicted molar refractivity (Wildman–Crippen MR) is 85.5 cm³/mol. The molecule has 0 amide bonds. The van der Waals surface area contributed by atoms with Crippen LogP contribution >= 0.6 is 11.3 Å². The normalized spacial score (nSPS) is 21.4. The number of morpholine rings is 1. The largest absolute Gasteiger partial charge is 0.366 e. The lowest BCUT2D eigenvalue weighted by Gasteiger charge is -2.47.